The topological polar surface area (TPSA) is 59.0 Å². The molecule has 1 aliphatic heterocycles. The number of anilines is 1. The molecule has 136 valence electrons. The molecule has 0 radical (unpaired) electrons. The lowest BCUT2D eigenvalue weighted by atomic mass is 9.85. The van der Waals surface area contributed by atoms with E-state index in [-0.39, 0.29) is 18.3 Å². The molecule has 2 unspecified atom stereocenters. The molecule has 3 rings (SSSR count). The van der Waals surface area contributed by atoms with Crippen molar-refractivity contribution >= 4 is 24.0 Å². The van der Waals surface area contributed by atoms with E-state index in [1.807, 2.05) is 29.1 Å². The summed E-state index contributed by atoms with van der Waals surface area (Å²) in [7, 11) is 0. The maximum absolute atomic E-state index is 12.3. The van der Waals surface area contributed by atoms with Gasteiger partial charge < -0.3 is 10.6 Å². The number of amides is 1. The highest BCUT2D eigenvalue weighted by Gasteiger charge is 2.22. The van der Waals surface area contributed by atoms with Gasteiger partial charge in [-0.1, -0.05) is 37.3 Å². The molecule has 1 aromatic carbocycles. The number of hydrogen-bond donors (Lipinski definition) is 2. The van der Waals surface area contributed by atoms with Gasteiger partial charge in [-0.15, -0.1) is 12.4 Å². The summed E-state index contributed by atoms with van der Waals surface area (Å²) >= 11 is 0. The molecular formula is C19H27ClN4O. The molecule has 0 bridgehead atoms. The predicted octanol–water partition coefficient (Wildman–Crippen LogP) is 3.32. The quantitative estimate of drug-likeness (QED) is 0.828. The molecule has 0 spiro atoms. The molecule has 2 N–H and O–H groups in total. The van der Waals surface area contributed by atoms with Gasteiger partial charge in [0.15, 0.2) is 0 Å². The first-order valence-electron chi connectivity index (χ1n) is 8.77. The van der Waals surface area contributed by atoms with Crippen molar-refractivity contribution in [3.8, 4) is 0 Å². The standard InChI is InChI=1S/C19H26N4O.ClH/c1-15(17-8-5-9-20-11-17)10-19(24)22-18-12-21-23(14-18)13-16-6-3-2-4-7-16;/h2-4,6-7,12,14-15,17,20H,5,8-11,13H2,1H3,(H,22,24);1H. The Morgan fingerprint density at radius 2 is 2.20 bits per heavy atom. The van der Waals surface area contributed by atoms with E-state index in [0.29, 0.717) is 24.8 Å². The molecule has 1 fully saturated rings. The maximum atomic E-state index is 12.3. The fraction of sp³-hybridized carbons (Fsp3) is 0.474. The van der Waals surface area contributed by atoms with Crippen molar-refractivity contribution in [3.63, 3.8) is 0 Å². The average molecular weight is 363 g/mol. The molecule has 2 atom stereocenters. The first kappa shape index (κ1) is 19.5. The first-order valence-corrected chi connectivity index (χ1v) is 8.77. The number of nitrogens with zero attached hydrogens (tertiary/aromatic N) is 2. The number of aromatic nitrogens is 2. The summed E-state index contributed by atoms with van der Waals surface area (Å²) in [4.78, 5) is 12.3. The lowest BCUT2D eigenvalue weighted by molar-refractivity contribution is -0.117. The van der Waals surface area contributed by atoms with Crippen molar-refractivity contribution in [3.05, 3.63) is 48.3 Å². The number of halogens is 1. The van der Waals surface area contributed by atoms with Gasteiger partial charge in [-0.3, -0.25) is 9.48 Å². The van der Waals surface area contributed by atoms with Crippen LogP contribution in [0.1, 0.15) is 31.7 Å². The Hall–Kier alpha value is -1.85. The lowest BCUT2D eigenvalue weighted by Crippen LogP contribution is -2.34. The fourth-order valence-electron chi connectivity index (χ4n) is 3.32. The third-order valence-electron chi connectivity index (χ3n) is 4.75. The van der Waals surface area contributed by atoms with Gasteiger partial charge >= 0.3 is 0 Å². The van der Waals surface area contributed by atoms with E-state index in [0.717, 1.165) is 18.8 Å². The Morgan fingerprint density at radius 3 is 2.92 bits per heavy atom. The highest BCUT2D eigenvalue weighted by atomic mass is 35.5. The summed E-state index contributed by atoms with van der Waals surface area (Å²) in [5, 5.41) is 10.7. The van der Waals surface area contributed by atoms with E-state index in [4.69, 9.17) is 0 Å². The van der Waals surface area contributed by atoms with Gasteiger partial charge in [0.25, 0.3) is 0 Å². The van der Waals surface area contributed by atoms with Crippen molar-refractivity contribution in [2.45, 2.75) is 32.7 Å². The number of carbonyl (C=O) groups excluding carboxylic acids is 1. The zero-order valence-corrected chi connectivity index (χ0v) is 15.5. The van der Waals surface area contributed by atoms with Crippen LogP contribution in [0.5, 0.6) is 0 Å². The van der Waals surface area contributed by atoms with E-state index in [9.17, 15) is 4.79 Å². The molecule has 5 nitrogen and oxygen atoms in total. The van der Waals surface area contributed by atoms with Crippen LogP contribution in [0, 0.1) is 11.8 Å². The maximum Gasteiger partial charge on any atom is 0.224 e. The second-order valence-corrected chi connectivity index (χ2v) is 6.75. The largest absolute Gasteiger partial charge is 0.323 e. The number of rotatable bonds is 6. The summed E-state index contributed by atoms with van der Waals surface area (Å²) in [5.41, 5.74) is 1.96. The van der Waals surface area contributed by atoms with Gasteiger partial charge in [-0.25, -0.2) is 0 Å². The van der Waals surface area contributed by atoms with Crippen molar-refractivity contribution in [1.29, 1.82) is 0 Å². The molecule has 1 aromatic heterocycles. The van der Waals surface area contributed by atoms with E-state index in [1.54, 1.807) is 6.20 Å². The van der Waals surface area contributed by atoms with Gasteiger partial charge in [-0.05, 0) is 43.3 Å². The minimum absolute atomic E-state index is 0. The molecule has 0 saturated carbocycles. The zero-order chi connectivity index (χ0) is 16.8. The molecule has 1 saturated heterocycles. The van der Waals surface area contributed by atoms with Crippen molar-refractivity contribution in [2.75, 3.05) is 18.4 Å². The monoisotopic (exact) mass is 362 g/mol. The number of carbonyl (C=O) groups is 1. The SMILES string of the molecule is CC(CC(=O)Nc1cnn(Cc2ccccc2)c1)C1CCCNC1.Cl. The molecule has 0 aliphatic carbocycles. The van der Waals surface area contributed by atoms with Gasteiger partial charge in [0.1, 0.15) is 0 Å². The molecule has 6 heteroatoms. The molecule has 1 aliphatic rings. The zero-order valence-electron chi connectivity index (χ0n) is 14.6. The number of benzene rings is 1. The van der Waals surface area contributed by atoms with E-state index in [1.165, 1.54) is 18.4 Å². The molecule has 25 heavy (non-hydrogen) atoms. The van der Waals surface area contributed by atoms with E-state index >= 15 is 0 Å². The van der Waals surface area contributed by atoms with E-state index < -0.39 is 0 Å². The Bertz CT molecular complexity index is 652. The van der Waals surface area contributed by atoms with Crippen LogP contribution in [0.2, 0.25) is 0 Å². The van der Waals surface area contributed by atoms with Crippen LogP contribution >= 0.6 is 12.4 Å². The van der Waals surface area contributed by atoms with Crippen molar-refractivity contribution in [1.82, 2.24) is 15.1 Å². The third kappa shape index (κ3) is 5.87. The van der Waals surface area contributed by atoms with Crippen LogP contribution in [-0.2, 0) is 11.3 Å². The van der Waals surface area contributed by atoms with Crippen LogP contribution in [0.3, 0.4) is 0 Å². The van der Waals surface area contributed by atoms with Crippen LogP contribution < -0.4 is 10.6 Å². The van der Waals surface area contributed by atoms with Crippen molar-refractivity contribution in [2.24, 2.45) is 11.8 Å². The molecule has 1 amide bonds. The van der Waals surface area contributed by atoms with Gasteiger partial charge in [-0.2, -0.15) is 5.10 Å². The minimum atomic E-state index is 0. The Labute approximate surface area is 155 Å². The summed E-state index contributed by atoms with van der Waals surface area (Å²) < 4.78 is 1.85. The Morgan fingerprint density at radius 1 is 1.40 bits per heavy atom. The summed E-state index contributed by atoms with van der Waals surface area (Å²) in [5.74, 6) is 1.08. The fourth-order valence-corrected chi connectivity index (χ4v) is 3.32. The number of hydrogen-bond acceptors (Lipinski definition) is 3. The number of nitrogens with one attached hydrogen (secondary N) is 2. The minimum Gasteiger partial charge on any atom is -0.323 e. The number of piperidine rings is 1. The van der Waals surface area contributed by atoms with Crippen LogP contribution in [0.4, 0.5) is 5.69 Å². The van der Waals surface area contributed by atoms with Gasteiger partial charge in [0, 0.05) is 12.6 Å². The second kappa shape index (κ2) is 9.59. The van der Waals surface area contributed by atoms with Crippen LogP contribution in [0.25, 0.3) is 0 Å². The highest BCUT2D eigenvalue weighted by Crippen LogP contribution is 2.23. The smallest absolute Gasteiger partial charge is 0.224 e. The molecular weight excluding hydrogens is 336 g/mol. The predicted molar refractivity (Wildman–Crippen MR) is 103 cm³/mol. The van der Waals surface area contributed by atoms with Gasteiger partial charge in [0.2, 0.25) is 5.91 Å². The summed E-state index contributed by atoms with van der Waals surface area (Å²) in [6.07, 6.45) is 6.60. The molecule has 2 heterocycles. The van der Waals surface area contributed by atoms with Crippen LogP contribution in [0.15, 0.2) is 42.7 Å². The summed E-state index contributed by atoms with van der Waals surface area (Å²) in [6.45, 7) is 5.02. The van der Waals surface area contributed by atoms with Gasteiger partial charge in [0.05, 0.1) is 18.4 Å². The molecule has 2 aromatic rings. The highest BCUT2D eigenvalue weighted by molar-refractivity contribution is 5.90. The van der Waals surface area contributed by atoms with E-state index in [2.05, 4.69) is 34.8 Å². The average Bonchev–Trinajstić information content (AvgIpc) is 3.03. The van der Waals surface area contributed by atoms with Crippen molar-refractivity contribution < 1.29 is 4.79 Å². The second-order valence-electron chi connectivity index (χ2n) is 6.75. The lowest BCUT2D eigenvalue weighted by Gasteiger charge is -2.27. The first-order chi connectivity index (χ1) is 11.7. The normalized spacial score (nSPS) is 18.2. The van der Waals surface area contributed by atoms with Crippen LogP contribution in [-0.4, -0.2) is 28.8 Å². The summed E-state index contributed by atoms with van der Waals surface area (Å²) in [6, 6.07) is 10.2. The Balaban J connectivity index is 0.00000225. The third-order valence-corrected chi connectivity index (χ3v) is 4.75. The Kier molecular flexibility index (Phi) is 7.47.